The number of halogens is 2. The Hall–Kier alpha value is -3.42. The number of hydrogen-bond donors (Lipinski definition) is 0. The van der Waals surface area contributed by atoms with E-state index in [-0.39, 0.29) is 39.6 Å². The van der Waals surface area contributed by atoms with E-state index in [0.717, 1.165) is 47.0 Å². The fourth-order valence-electron chi connectivity index (χ4n) is 7.51. The summed E-state index contributed by atoms with van der Waals surface area (Å²) in [7, 11) is 7.62. The molecular weight excluding hydrogens is 850 g/mol. The fraction of sp³-hybridized carbons (Fsp3) is 0.217. The fourth-order valence-corrected chi connectivity index (χ4v) is 12.4. The summed E-state index contributed by atoms with van der Waals surface area (Å²) in [6, 6.07) is 52.4. The summed E-state index contributed by atoms with van der Waals surface area (Å²) in [5.74, 6) is 3.06. The second kappa shape index (κ2) is 18.7. The molecule has 55 heavy (non-hydrogen) atoms. The van der Waals surface area contributed by atoms with Gasteiger partial charge in [-0.05, 0) is 99.6 Å². The molecule has 0 saturated heterocycles. The summed E-state index contributed by atoms with van der Waals surface area (Å²) in [6.45, 7) is 8.57. The monoisotopic (exact) mass is 894 g/mol. The molecule has 6 aromatic carbocycles. The van der Waals surface area contributed by atoms with Crippen LogP contribution in [0.5, 0.6) is 23.0 Å². The Labute approximate surface area is 343 Å². The Bertz CT molecular complexity index is 1930. The SMILES string of the molecule is C[C@@H]1C[C@@H](C)Oc2c(ccc(P(c3ccccc3)c3ccccc3)c2-c2c(P(c3ccccc3)c3ccccc3)ccc3c2O[C@H](C)C[C@@H](C)O3)O1.[Cl][Ru][Cl]. The van der Waals surface area contributed by atoms with Crippen LogP contribution in [0.3, 0.4) is 0 Å². The molecular formula is C46H44Cl2O4P2Ru. The van der Waals surface area contributed by atoms with Crippen LogP contribution in [-0.2, 0) is 15.1 Å². The van der Waals surface area contributed by atoms with Gasteiger partial charge in [0.1, 0.15) is 0 Å². The van der Waals surface area contributed by atoms with Crippen molar-refractivity contribution in [1.29, 1.82) is 0 Å². The van der Waals surface area contributed by atoms with E-state index in [4.69, 9.17) is 38.3 Å². The zero-order valence-corrected chi connectivity index (χ0v) is 36.3. The number of benzene rings is 6. The molecule has 0 N–H and O–H groups in total. The van der Waals surface area contributed by atoms with Crippen molar-refractivity contribution < 1.29 is 34.1 Å². The third-order valence-corrected chi connectivity index (χ3v) is 14.6. The van der Waals surface area contributed by atoms with Crippen LogP contribution in [0.25, 0.3) is 11.1 Å². The molecule has 9 heteroatoms. The van der Waals surface area contributed by atoms with Crippen molar-refractivity contribution in [3.8, 4) is 34.1 Å². The van der Waals surface area contributed by atoms with Gasteiger partial charge in [0.25, 0.3) is 0 Å². The Kier molecular flexibility index (Phi) is 13.5. The van der Waals surface area contributed by atoms with Gasteiger partial charge in [0.05, 0.1) is 24.4 Å². The first kappa shape index (κ1) is 39.8. The van der Waals surface area contributed by atoms with Gasteiger partial charge >= 0.3 is 34.5 Å². The first-order valence-electron chi connectivity index (χ1n) is 18.5. The Morgan fingerprint density at radius 2 is 0.691 bits per heavy atom. The van der Waals surface area contributed by atoms with Gasteiger partial charge in [-0.25, -0.2) is 0 Å². The zero-order chi connectivity index (χ0) is 38.3. The predicted molar refractivity (Wildman–Crippen MR) is 231 cm³/mol. The van der Waals surface area contributed by atoms with Crippen molar-refractivity contribution in [2.75, 3.05) is 0 Å². The molecule has 6 aromatic rings. The van der Waals surface area contributed by atoms with Crippen molar-refractivity contribution in [3.05, 3.63) is 146 Å². The van der Waals surface area contributed by atoms with Gasteiger partial charge < -0.3 is 18.9 Å². The predicted octanol–water partition coefficient (Wildman–Crippen LogP) is 10.1. The van der Waals surface area contributed by atoms with Crippen molar-refractivity contribution in [2.45, 2.75) is 65.0 Å². The minimum absolute atomic E-state index is 0.00159. The zero-order valence-electron chi connectivity index (χ0n) is 31.2. The molecule has 4 nitrogen and oxygen atoms in total. The Morgan fingerprint density at radius 1 is 0.418 bits per heavy atom. The topological polar surface area (TPSA) is 36.9 Å². The van der Waals surface area contributed by atoms with Crippen LogP contribution >= 0.6 is 35.2 Å². The second-order valence-electron chi connectivity index (χ2n) is 13.8. The average Bonchev–Trinajstić information content (AvgIpc) is 3.44. The van der Waals surface area contributed by atoms with Crippen molar-refractivity contribution in [2.24, 2.45) is 0 Å². The van der Waals surface area contributed by atoms with Gasteiger partial charge in [0.2, 0.25) is 0 Å². The van der Waals surface area contributed by atoms with E-state index < -0.39 is 15.8 Å². The van der Waals surface area contributed by atoms with E-state index in [1.54, 1.807) is 0 Å². The van der Waals surface area contributed by atoms with Crippen LogP contribution in [0.2, 0.25) is 0 Å². The molecule has 4 atom stereocenters. The molecule has 0 aliphatic carbocycles. The first-order valence-corrected chi connectivity index (χ1v) is 25.7. The van der Waals surface area contributed by atoms with Crippen LogP contribution in [0.15, 0.2) is 146 Å². The molecule has 2 aliphatic heterocycles. The van der Waals surface area contributed by atoms with Crippen molar-refractivity contribution >= 4 is 67.1 Å². The minimum atomic E-state index is -1.04. The molecule has 2 aliphatic rings. The first-order chi connectivity index (χ1) is 26.9. The number of hydrogen-bond acceptors (Lipinski definition) is 4. The average molecular weight is 895 g/mol. The summed E-state index contributed by atoms with van der Waals surface area (Å²) in [5, 5.41) is 7.43. The molecule has 0 unspecified atom stereocenters. The third-order valence-electron chi connectivity index (χ3n) is 9.61. The molecule has 0 spiro atoms. The molecule has 0 fully saturated rings. The van der Waals surface area contributed by atoms with E-state index in [1.165, 1.54) is 31.8 Å². The van der Waals surface area contributed by atoms with Crippen molar-refractivity contribution in [3.63, 3.8) is 0 Å². The van der Waals surface area contributed by atoms with E-state index in [9.17, 15) is 0 Å². The Morgan fingerprint density at radius 3 is 0.982 bits per heavy atom. The van der Waals surface area contributed by atoms with Crippen LogP contribution in [0.1, 0.15) is 40.5 Å². The molecule has 8 rings (SSSR count). The van der Waals surface area contributed by atoms with Crippen LogP contribution in [0.4, 0.5) is 0 Å². The van der Waals surface area contributed by atoms with Gasteiger partial charge in [0, 0.05) is 24.0 Å². The maximum absolute atomic E-state index is 7.09. The summed E-state index contributed by atoms with van der Waals surface area (Å²) in [4.78, 5) is 0. The maximum atomic E-state index is 7.09. The Balaban J connectivity index is 0.00000150. The molecule has 0 amide bonds. The van der Waals surface area contributed by atoms with Gasteiger partial charge in [-0.1, -0.05) is 121 Å². The van der Waals surface area contributed by atoms with Gasteiger partial charge in [-0.15, -0.1) is 0 Å². The van der Waals surface area contributed by atoms with Gasteiger partial charge in [-0.2, -0.15) is 0 Å². The van der Waals surface area contributed by atoms with E-state index in [0.29, 0.717) is 0 Å². The van der Waals surface area contributed by atoms with E-state index in [1.807, 2.05) is 0 Å². The second-order valence-corrected chi connectivity index (χ2v) is 20.8. The van der Waals surface area contributed by atoms with Gasteiger partial charge in [-0.3, -0.25) is 0 Å². The van der Waals surface area contributed by atoms with E-state index >= 15 is 0 Å². The molecule has 0 saturated carbocycles. The molecule has 0 radical (unpaired) electrons. The standard InChI is InChI=1S/C46H44O4P2.2ClH.Ru/c1-31-29-33(3)49-45-39(47-31)25-27-41(51(35-17-9-5-10-18-35)36-19-11-6-12-20-36)43(45)44-42(28-26-40-46(44)50-34(4)30-32(2)48-40)52(37-21-13-7-14-22-37)38-23-15-8-16-24-38;;;/h5-28,31-34H,29-30H2,1-4H3;2*1H;/q;;;+2/p-2/t31-,32-,33-,34-;;;/m1.../s1. The molecule has 0 aromatic heterocycles. The molecule has 2 heterocycles. The third kappa shape index (κ3) is 9.09. The van der Waals surface area contributed by atoms with Crippen LogP contribution in [0, 0.1) is 0 Å². The summed E-state index contributed by atoms with van der Waals surface area (Å²) in [6.07, 6.45) is 1.44. The quantitative estimate of drug-likeness (QED) is 0.118. The number of ether oxygens (including phenoxy) is 4. The van der Waals surface area contributed by atoms with Crippen LogP contribution < -0.4 is 50.8 Å². The van der Waals surface area contributed by atoms with Crippen LogP contribution in [-0.4, -0.2) is 24.4 Å². The molecule has 0 bridgehead atoms. The van der Waals surface area contributed by atoms with Crippen molar-refractivity contribution in [1.82, 2.24) is 0 Å². The summed E-state index contributed by atoms with van der Waals surface area (Å²) < 4.78 is 27.6. The van der Waals surface area contributed by atoms with E-state index in [2.05, 4.69) is 173 Å². The van der Waals surface area contributed by atoms with Gasteiger partial charge in [0.15, 0.2) is 23.0 Å². The summed E-state index contributed by atoms with van der Waals surface area (Å²) in [5.41, 5.74) is 2.04. The number of rotatable bonds is 7. The normalized spacial score (nSPS) is 18.9. The number of fused-ring (bicyclic) bond motifs is 2. The summed E-state index contributed by atoms with van der Waals surface area (Å²) >= 11 is -0.346. The molecule has 284 valence electrons.